The number of hydrogen-bond acceptors (Lipinski definition) is 6. The number of anilines is 1. The van der Waals surface area contributed by atoms with E-state index in [4.69, 9.17) is 4.74 Å². The quantitative estimate of drug-likeness (QED) is 0.569. The molecule has 0 aliphatic carbocycles. The van der Waals surface area contributed by atoms with Gasteiger partial charge in [-0.1, -0.05) is 0 Å². The summed E-state index contributed by atoms with van der Waals surface area (Å²) < 4.78 is 7.39. The van der Waals surface area contributed by atoms with Crippen LogP contribution in [0, 0.1) is 0 Å². The molecular formula is C18H13N3O2S2. The number of amides is 1. The molecule has 1 aromatic carbocycles. The zero-order chi connectivity index (χ0) is 17.2. The topological polar surface area (TPSA) is 64.1 Å². The zero-order valence-electron chi connectivity index (χ0n) is 13.2. The Labute approximate surface area is 151 Å². The first-order valence-corrected chi connectivity index (χ1v) is 9.19. The average molecular weight is 367 g/mol. The van der Waals surface area contributed by atoms with E-state index in [1.165, 1.54) is 11.3 Å². The lowest BCUT2D eigenvalue weighted by Gasteiger charge is -2.05. The van der Waals surface area contributed by atoms with Crippen molar-refractivity contribution in [2.75, 3.05) is 12.4 Å². The predicted octanol–water partition coefficient (Wildman–Crippen LogP) is 4.68. The maximum atomic E-state index is 12.3. The second kappa shape index (κ2) is 6.62. The number of thiophene rings is 2. The van der Waals surface area contributed by atoms with Crippen LogP contribution in [0.2, 0.25) is 0 Å². The minimum absolute atomic E-state index is 0.167. The Bertz CT molecular complexity index is 992. The van der Waals surface area contributed by atoms with Gasteiger partial charge in [0, 0.05) is 15.0 Å². The molecule has 25 heavy (non-hydrogen) atoms. The van der Waals surface area contributed by atoms with Crippen molar-refractivity contribution in [3.63, 3.8) is 0 Å². The van der Waals surface area contributed by atoms with E-state index >= 15 is 0 Å². The number of nitrogens with one attached hydrogen (secondary N) is 1. The Balaban J connectivity index is 1.49. The lowest BCUT2D eigenvalue weighted by molar-refractivity contribution is 0.103. The summed E-state index contributed by atoms with van der Waals surface area (Å²) in [5, 5.41) is 13.1. The van der Waals surface area contributed by atoms with E-state index in [-0.39, 0.29) is 5.91 Å². The molecular weight excluding hydrogens is 354 g/mol. The molecule has 0 bridgehead atoms. The van der Waals surface area contributed by atoms with Crippen LogP contribution in [0.1, 0.15) is 9.67 Å². The summed E-state index contributed by atoms with van der Waals surface area (Å²) in [7, 11) is 1.63. The van der Waals surface area contributed by atoms with E-state index in [9.17, 15) is 4.79 Å². The van der Waals surface area contributed by atoms with E-state index in [1.807, 2.05) is 47.8 Å². The van der Waals surface area contributed by atoms with Gasteiger partial charge in [0.05, 0.1) is 17.7 Å². The molecule has 3 heterocycles. The summed E-state index contributed by atoms with van der Waals surface area (Å²) >= 11 is 3.10. The number of aromatic nitrogens is 2. The fourth-order valence-corrected chi connectivity index (χ4v) is 4.37. The second-order valence-corrected chi connectivity index (χ2v) is 7.28. The van der Waals surface area contributed by atoms with Crippen LogP contribution in [0.3, 0.4) is 0 Å². The fraction of sp³-hybridized carbons (Fsp3) is 0.0556. The van der Waals surface area contributed by atoms with Gasteiger partial charge in [-0.25, -0.2) is 0 Å². The number of nitrogens with zero attached hydrogens (tertiary/aromatic N) is 2. The first kappa shape index (κ1) is 15.7. The number of fused-ring (bicyclic) bond motifs is 1. The lowest BCUT2D eigenvalue weighted by Crippen LogP contribution is -2.11. The summed E-state index contributed by atoms with van der Waals surface area (Å²) in [5.41, 5.74) is 1.67. The van der Waals surface area contributed by atoms with Crippen molar-refractivity contribution in [1.29, 1.82) is 0 Å². The monoisotopic (exact) mass is 367 g/mol. The van der Waals surface area contributed by atoms with Crippen molar-refractivity contribution in [1.82, 2.24) is 10.2 Å². The number of carbonyl (C=O) groups is 1. The van der Waals surface area contributed by atoms with Gasteiger partial charge in [0.1, 0.15) is 5.75 Å². The van der Waals surface area contributed by atoms with Crippen LogP contribution in [0.4, 0.5) is 5.82 Å². The summed E-state index contributed by atoms with van der Waals surface area (Å²) in [6.45, 7) is 0. The molecule has 3 aromatic heterocycles. The fourth-order valence-electron chi connectivity index (χ4n) is 2.37. The third kappa shape index (κ3) is 3.24. The van der Waals surface area contributed by atoms with E-state index in [1.54, 1.807) is 24.5 Å². The summed E-state index contributed by atoms with van der Waals surface area (Å²) in [6.07, 6.45) is 0. The summed E-state index contributed by atoms with van der Waals surface area (Å²) in [5.74, 6) is 1.05. The molecule has 0 aliphatic rings. The highest BCUT2D eigenvalue weighted by Crippen LogP contribution is 2.30. The number of carbonyl (C=O) groups excluding carboxylic acids is 1. The standard InChI is InChI=1S/C18H13N3O2S2/c1-23-12-4-2-11(3-5-12)13-6-7-17(21-20-13)19-18(22)16-10-15-14(25-16)8-9-24-15/h2-10H,1H3,(H,19,21,22). The maximum absolute atomic E-state index is 12.3. The van der Waals surface area contributed by atoms with Gasteiger partial charge < -0.3 is 10.1 Å². The van der Waals surface area contributed by atoms with E-state index in [0.717, 1.165) is 26.4 Å². The van der Waals surface area contributed by atoms with Gasteiger partial charge in [0.25, 0.3) is 5.91 Å². The van der Waals surface area contributed by atoms with Crippen LogP contribution in [-0.4, -0.2) is 23.2 Å². The van der Waals surface area contributed by atoms with Crippen molar-refractivity contribution in [3.8, 4) is 17.0 Å². The predicted molar refractivity (Wildman–Crippen MR) is 102 cm³/mol. The molecule has 0 saturated carbocycles. The third-order valence-corrected chi connectivity index (χ3v) is 5.75. The van der Waals surface area contributed by atoms with Gasteiger partial charge in [-0.05, 0) is 53.9 Å². The van der Waals surface area contributed by atoms with Crippen LogP contribution in [0.5, 0.6) is 5.75 Å². The Morgan fingerprint density at radius 3 is 2.56 bits per heavy atom. The number of methoxy groups -OCH3 is 1. The SMILES string of the molecule is COc1ccc(-c2ccc(NC(=O)c3cc4sccc4s3)nn2)cc1. The molecule has 0 atom stereocenters. The van der Waals surface area contributed by atoms with E-state index in [2.05, 4.69) is 15.5 Å². The number of benzene rings is 1. The van der Waals surface area contributed by atoms with Crippen molar-refractivity contribution in [2.24, 2.45) is 0 Å². The Kier molecular flexibility index (Phi) is 4.17. The van der Waals surface area contributed by atoms with Crippen LogP contribution < -0.4 is 10.1 Å². The highest BCUT2D eigenvalue weighted by Gasteiger charge is 2.12. The molecule has 1 amide bonds. The maximum Gasteiger partial charge on any atom is 0.267 e. The van der Waals surface area contributed by atoms with Gasteiger partial charge in [0.15, 0.2) is 5.82 Å². The van der Waals surface area contributed by atoms with Crippen molar-refractivity contribution in [2.45, 2.75) is 0 Å². The first-order chi connectivity index (χ1) is 12.2. The molecule has 1 N–H and O–H groups in total. The molecule has 0 aliphatic heterocycles. The molecule has 4 aromatic rings. The molecule has 124 valence electrons. The number of hydrogen-bond donors (Lipinski definition) is 1. The van der Waals surface area contributed by atoms with Gasteiger partial charge in [0.2, 0.25) is 0 Å². The Morgan fingerprint density at radius 2 is 1.88 bits per heavy atom. The zero-order valence-corrected chi connectivity index (χ0v) is 14.9. The van der Waals surface area contributed by atoms with Crippen LogP contribution >= 0.6 is 22.7 Å². The van der Waals surface area contributed by atoms with Gasteiger partial charge in [-0.15, -0.1) is 32.9 Å². The largest absolute Gasteiger partial charge is 0.497 e. The van der Waals surface area contributed by atoms with Gasteiger partial charge in [-0.2, -0.15) is 0 Å². The Hall–Kier alpha value is -2.77. The normalized spacial score (nSPS) is 10.8. The van der Waals surface area contributed by atoms with Crippen molar-refractivity contribution in [3.05, 3.63) is 58.8 Å². The van der Waals surface area contributed by atoms with Crippen molar-refractivity contribution >= 4 is 43.8 Å². The third-order valence-electron chi connectivity index (χ3n) is 3.66. The molecule has 4 rings (SSSR count). The minimum atomic E-state index is -0.167. The highest BCUT2D eigenvalue weighted by atomic mass is 32.1. The van der Waals surface area contributed by atoms with E-state index < -0.39 is 0 Å². The van der Waals surface area contributed by atoms with Gasteiger partial charge in [-0.3, -0.25) is 4.79 Å². The smallest absolute Gasteiger partial charge is 0.267 e. The molecule has 0 radical (unpaired) electrons. The second-order valence-electron chi connectivity index (χ2n) is 5.25. The lowest BCUT2D eigenvalue weighted by atomic mass is 10.1. The average Bonchev–Trinajstić information content (AvgIpc) is 3.24. The summed E-state index contributed by atoms with van der Waals surface area (Å²) in [4.78, 5) is 13.0. The van der Waals surface area contributed by atoms with Gasteiger partial charge >= 0.3 is 0 Å². The highest BCUT2D eigenvalue weighted by molar-refractivity contribution is 7.27. The first-order valence-electron chi connectivity index (χ1n) is 7.49. The minimum Gasteiger partial charge on any atom is -0.497 e. The molecule has 0 spiro atoms. The van der Waals surface area contributed by atoms with Crippen molar-refractivity contribution < 1.29 is 9.53 Å². The van der Waals surface area contributed by atoms with E-state index in [0.29, 0.717) is 10.7 Å². The molecule has 0 fully saturated rings. The van der Waals surface area contributed by atoms with Crippen LogP contribution in [0.15, 0.2) is 53.9 Å². The number of rotatable bonds is 4. The summed E-state index contributed by atoms with van der Waals surface area (Å²) in [6, 6.07) is 15.1. The Morgan fingerprint density at radius 1 is 1.04 bits per heavy atom. The molecule has 0 saturated heterocycles. The van der Waals surface area contributed by atoms with Crippen LogP contribution in [-0.2, 0) is 0 Å². The van der Waals surface area contributed by atoms with Crippen LogP contribution in [0.25, 0.3) is 20.7 Å². The molecule has 7 heteroatoms. The number of ether oxygens (including phenoxy) is 1. The molecule has 5 nitrogen and oxygen atoms in total. The molecule has 0 unspecified atom stereocenters.